The average molecular weight is 380 g/mol. The first-order chi connectivity index (χ1) is 13.0. The van der Waals surface area contributed by atoms with Crippen LogP contribution in [0.2, 0.25) is 0 Å². The number of rotatable bonds is 10. The summed E-state index contributed by atoms with van der Waals surface area (Å²) in [5.41, 5.74) is -1.06. The Morgan fingerprint density at radius 1 is 1.26 bits per heavy atom. The predicted molar refractivity (Wildman–Crippen MR) is 104 cm³/mol. The van der Waals surface area contributed by atoms with Crippen molar-refractivity contribution < 1.29 is 19.4 Å². The lowest BCUT2D eigenvalue weighted by Gasteiger charge is -2.35. The Labute approximate surface area is 162 Å². The van der Waals surface area contributed by atoms with Gasteiger partial charge in [0.1, 0.15) is 0 Å². The van der Waals surface area contributed by atoms with E-state index in [1.807, 2.05) is 0 Å². The number of likely N-dealkylation sites (tertiary alicyclic amines) is 1. The predicted octanol–water partition coefficient (Wildman–Crippen LogP) is 0.557. The minimum atomic E-state index is -1.06. The monoisotopic (exact) mass is 379 g/mol. The van der Waals surface area contributed by atoms with Crippen LogP contribution in [0, 0.1) is 5.92 Å². The van der Waals surface area contributed by atoms with Crippen LogP contribution in [-0.2, 0) is 14.3 Å². The second-order valence-electron chi connectivity index (χ2n) is 7.46. The molecule has 0 unspecified atom stereocenters. The molecule has 2 amide bonds. The van der Waals surface area contributed by atoms with E-state index in [0.29, 0.717) is 38.8 Å². The lowest BCUT2D eigenvalue weighted by Crippen LogP contribution is -2.51. The van der Waals surface area contributed by atoms with Crippen LogP contribution >= 0.6 is 0 Å². The number of amides is 2. The summed E-state index contributed by atoms with van der Waals surface area (Å²) < 4.78 is 5.34. The van der Waals surface area contributed by atoms with Crippen molar-refractivity contribution in [1.82, 2.24) is 15.1 Å². The van der Waals surface area contributed by atoms with Crippen LogP contribution in [0.5, 0.6) is 0 Å². The Morgan fingerprint density at radius 3 is 2.56 bits per heavy atom. The Kier molecular flexibility index (Phi) is 8.47. The molecule has 2 aliphatic heterocycles. The van der Waals surface area contributed by atoms with E-state index in [1.165, 1.54) is 0 Å². The van der Waals surface area contributed by atoms with E-state index in [0.717, 1.165) is 32.8 Å². The number of carbonyl (C=O) groups excluding carboxylic acids is 2. The van der Waals surface area contributed by atoms with Gasteiger partial charge in [0, 0.05) is 45.7 Å². The van der Waals surface area contributed by atoms with Gasteiger partial charge in [-0.2, -0.15) is 0 Å². The molecule has 2 aliphatic rings. The molecule has 1 atom stereocenters. The molecule has 0 aliphatic carbocycles. The van der Waals surface area contributed by atoms with E-state index in [-0.39, 0.29) is 24.3 Å². The Morgan fingerprint density at radius 2 is 1.93 bits per heavy atom. The van der Waals surface area contributed by atoms with Crippen molar-refractivity contribution in [2.75, 3.05) is 52.5 Å². The van der Waals surface area contributed by atoms with Crippen molar-refractivity contribution in [3.05, 3.63) is 25.3 Å². The standard InChI is InChI=1S/C20H33N3O4/c1-3-7-20(26,8-4-2)16-21-19(25)17-5-6-18(24)23(15-17)10-9-22-11-13-27-14-12-22/h3-4,17,26H,1-2,5-16H2,(H,21,25)/t17-/m0/s1. The molecule has 2 heterocycles. The molecule has 0 radical (unpaired) electrons. The summed E-state index contributed by atoms with van der Waals surface area (Å²) in [5, 5.41) is 13.4. The maximum absolute atomic E-state index is 12.6. The third kappa shape index (κ3) is 6.75. The summed E-state index contributed by atoms with van der Waals surface area (Å²) in [6, 6.07) is 0. The number of nitrogens with one attached hydrogen (secondary N) is 1. The highest BCUT2D eigenvalue weighted by molar-refractivity contribution is 5.83. The van der Waals surface area contributed by atoms with Crippen LogP contribution in [0.1, 0.15) is 25.7 Å². The Hall–Kier alpha value is -1.70. The van der Waals surface area contributed by atoms with Gasteiger partial charge in [-0.05, 0) is 19.3 Å². The molecule has 2 saturated heterocycles. The highest BCUT2D eigenvalue weighted by atomic mass is 16.5. The maximum Gasteiger partial charge on any atom is 0.225 e. The molecule has 2 N–H and O–H groups in total. The molecule has 0 aromatic carbocycles. The van der Waals surface area contributed by atoms with Gasteiger partial charge in [-0.1, -0.05) is 12.2 Å². The molecule has 7 nitrogen and oxygen atoms in total. The van der Waals surface area contributed by atoms with Gasteiger partial charge in [0.15, 0.2) is 0 Å². The van der Waals surface area contributed by atoms with Crippen molar-refractivity contribution in [1.29, 1.82) is 0 Å². The Balaban J connectivity index is 1.82. The summed E-state index contributed by atoms with van der Waals surface area (Å²) in [4.78, 5) is 28.9. The first-order valence-corrected chi connectivity index (χ1v) is 9.77. The lowest BCUT2D eigenvalue weighted by molar-refractivity contribution is -0.139. The van der Waals surface area contributed by atoms with Gasteiger partial charge in [0.05, 0.1) is 24.7 Å². The third-order valence-electron chi connectivity index (χ3n) is 5.30. The number of piperidine rings is 1. The van der Waals surface area contributed by atoms with Crippen LogP contribution in [-0.4, -0.2) is 84.8 Å². The van der Waals surface area contributed by atoms with Gasteiger partial charge in [0.25, 0.3) is 0 Å². The number of ether oxygens (including phenoxy) is 1. The zero-order chi connectivity index (χ0) is 19.7. The number of nitrogens with zero attached hydrogens (tertiary/aromatic N) is 2. The molecule has 0 aromatic rings. The minimum absolute atomic E-state index is 0.106. The number of hydrogen-bond acceptors (Lipinski definition) is 5. The van der Waals surface area contributed by atoms with E-state index in [2.05, 4.69) is 23.4 Å². The lowest BCUT2D eigenvalue weighted by atomic mass is 9.93. The van der Waals surface area contributed by atoms with E-state index >= 15 is 0 Å². The van der Waals surface area contributed by atoms with Crippen molar-refractivity contribution in [3.63, 3.8) is 0 Å². The van der Waals surface area contributed by atoms with Gasteiger partial charge in [-0.15, -0.1) is 13.2 Å². The van der Waals surface area contributed by atoms with Gasteiger partial charge >= 0.3 is 0 Å². The van der Waals surface area contributed by atoms with Crippen LogP contribution in [0.3, 0.4) is 0 Å². The molecule has 2 rings (SSSR count). The van der Waals surface area contributed by atoms with E-state index < -0.39 is 5.60 Å². The smallest absolute Gasteiger partial charge is 0.225 e. The zero-order valence-corrected chi connectivity index (χ0v) is 16.2. The summed E-state index contributed by atoms with van der Waals surface area (Å²) >= 11 is 0. The van der Waals surface area contributed by atoms with E-state index in [4.69, 9.17) is 4.74 Å². The van der Waals surface area contributed by atoms with Crippen molar-refractivity contribution >= 4 is 11.8 Å². The molecule has 152 valence electrons. The van der Waals surface area contributed by atoms with Gasteiger partial charge in [-0.3, -0.25) is 14.5 Å². The van der Waals surface area contributed by atoms with Gasteiger partial charge in [-0.25, -0.2) is 0 Å². The number of carbonyl (C=O) groups is 2. The average Bonchev–Trinajstić information content (AvgIpc) is 2.67. The first-order valence-electron chi connectivity index (χ1n) is 9.77. The topological polar surface area (TPSA) is 82.1 Å². The fourth-order valence-corrected chi connectivity index (χ4v) is 3.59. The molecule has 7 heteroatoms. The van der Waals surface area contributed by atoms with E-state index in [9.17, 15) is 14.7 Å². The number of aliphatic hydroxyl groups is 1. The molecule has 0 spiro atoms. The molecule has 0 bridgehead atoms. The van der Waals surface area contributed by atoms with Crippen molar-refractivity contribution in [2.24, 2.45) is 5.92 Å². The molecule has 0 aromatic heterocycles. The van der Waals surface area contributed by atoms with Crippen LogP contribution in [0.25, 0.3) is 0 Å². The zero-order valence-electron chi connectivity index (χ0n) is 16.2. The highest BCUT2D eigenvalue weighted by Crippen LogP contribution is 2.20. The van der Waals surface area contributed by atoms with Gasteiger partial charge < -0.3 is 20.1 Å². The first kappa shape index (κ1) is 21.6. The normalized spacial score (nSPS) is 21.7. The quantitative estimate of drug-likeness (QED) is 0.542. The largest absolute Gasteiger partial charge is 0.387 e. The number of morpholine rings is 1. The molecular formula is C20H33N3O4. The second kappa shape index (κ2) is 10.6. The fraction of sp³-hybridized carbons (Fsp3) is 0.700. The van der Waals surface area contributed by atoms with Gasteiger partial charge in [0.2, 0.25) is 11.8 Å². The summed E-state index contributed by atoms with van der Waals surface area (Å²) in [6.07, 6.45) is 5.00. The second-order valence-corrected chi connectivity index (χ2v) is 7.46. The summed E-state index contributed by atoms with van der Waals surface area (Å²) in [7, 11) is 0. The Bertz CT molecular complexity index is 521. The van der Waals surface area contributed by atoms with E-state index in [1.54, 1.807) is 17.1 Å². The summed E-state index contributed by atoms with van der Waals surface area (Å²) in [5.74, 6) is -0.225. The van der Waals surface area contributed by atoms with Crippen LogP contribution in [0.15, 0.2) is 25.3 Å². The van der Waals surface area contributed by atoms with Crippen molar-refractivity contribution in [2.45, 2.75) is 31.3 Å². The number of hydrogen-bond donors (Lipinski definition) is 2. The molecule has 0 saturated carbocycles. The highest BCUT2D eigenvalue weighted by Gasteiger charge is 2.32. The van der Waals surface area contributed by atoms with Crippen LogP contribution < -0.4 is 5.32 Å². The molecule has 27 heavy (non-hydrogen) atoms. The van der Waals surface area contributed by atoms with Crippen molar-refractivity contribution in [3.8, 4) is 0 Å². The SMILES string of the molecule is C=CCC(O)(CC=C)CNC(=O)[C@H]1CCC(=O)N(CCN2CCOCC2)C1. The molecule has 2 fully saturated rings. The summed E-state index contributed by atoms with van der Waals surface area (Å²) in [6.45, 7) is 12.6. The maximum atomic E-state index is 12.6. The third-order valence-corrected chi connectivity index (χ3v) is 5.30. The fourth-order valence-electron chi connectivity index (χ4n) is 3.59. The minimum Gasteiger partial charge on any atom is -0.387 e. The molecular weight excluding hydrogens is 346 g/mol. The van der Waals surface area contributed by atoms with Crippen LogP contribution in [0.4, 0.5) is 0 Å².